The highest BCUT2D eigenvalue weighted by molar-refractivity contribution is 6.30. The van der Waals surface area contributed by atoms with Gasteiger partial charge in [0.05, 0.1) is 24.5 Å². The molecule has 3 aromatic rings. The first-order valence-corrected chi connectivity index (χ1v) is 11.2. The van der Waals surface area contributed by atoms with Gasteiger partial charge in [0.2, 0.25) is 0 Å². The lowest BCUT2D eigenvalue weighted by Gasteiger charge is -2.21. The number of aromatic nitrogens is 2. The number of carbonyl (C=O) groups is 1. The highest BCUT2D eigenvalue weighted by atomic mass is 35.5. The van der Waals surface area contributed by atoms with Crippen LogP contribution >= 0.6 is 11.6 Å². The fraction of sp³-hybridized carbons (Fsp3) is 0.320. The van der Waals surface area contributed by atoms with Crippen molar-refractivity contribution < 1.29 is 9.90 Å². The molecule has 0 radical (unpaired) electrons. The summed E-state index contributed by atoms with van der Waals surface area (Å²) in [4.78, 5) is 22.6. The Morgan fingerprint density at radius 2 is 2.03 bits per heavy atom. The molecule has 1 saturated heterocycles. The van der Waals surface area contributed by atoms with Gasteiger partial charge < -0.3 is 15.3 Å². The summed E-state index contributed by atoms with van der Waals surface area (Å²) in [7, 11) is 1.76. The number of carbonyl (C=O) groups excluding carboxylic acids is 1. The molecule has 1 aromatic heterocycles. The smallest absolute Gasteiger partial charge is 0.253 e. The van der Waals surface area contributed by atoms with E-state index in [1.165, 1.54) is 0 Å². The maximum absolute atomic E-state index is 12.7. The van der Waals surface area contributed by atoms with Gasteiger partial charge in [0.1, 0.15) is 0 Å². The minimum Gasteiger partial charge on any atom is -0.387 e. The second-order valence-electron chi connectivity index (χ2n) is 8.31. The lowest BCUT2D eigenvalue weighted by atomic mass is 10.0. The van der Waals surface area contributed by atoms with Crippen molar-refractivity contribution >= 4 is 17.5 Å². The normalized spacial score (nSPS) is 19.0. The lowest BCUT2D eigenvalue weighted by Crippen LogP contribution is -2.35. The van der Waals surface area contributed by atoms with Crippen LogP contribution in [0.4, 0.5) is 0 Å². The van der Waals surface area contributed by atoms with Crippen molar-refractivity contribution in [3.05, 3.63) is 94.5 Å². The van der Waals surface area contributed by atoms with E-state index in [0.717, 1.165) is 36.1 Å². The zero-order chi connectivity index (χ0) is 22.5. The van der Waals surface area contributed by atoms with Crippen molar-refractivity contribution in [2.24, 2.45) is 0 Å². The molecule has 2 N–H and O–H groups in total. The molecule has 0 spiro atoms. The van der Waals surface area contributed by atoms with Gasteiger partial charge in [-0.3, -0.25) is 14.8 Å². The van der Waals surface area contributed by atoms with E-state index in [1.54, 1.807) is 30.5 Å². The Bertz CT molecular complexity index is 1050. The largest absolute Gasteiger partial charge is 0.387 e. The topological polar surface area (TPSA) is 78.4 Å². The fourth-order valence-electron chi connectivity index (χ4n) is 4.20. The number of aliphatic hydroxyl groups excluding tert-OH is 1. The summed E-state index contributed by atoms with van der Waals surface area (Å²) in [6.07, 6.45) is 7.07. The Balaban J connectivity index is 1.31. The first kappa shape index (κ1) is 22.4. The standard InChI is InChI=1S/C25H27ClN4O2/c1-30(16-22-15-27-11-12-28-22)25(32)18-7-5-17(6-8-18)13-21-9-10-23(29-21)24(31)19-3-2-4-20(26)14-19/h2-8,11-12,14-15,21,23-24,29,31H,9-10,13,16H2,1H3/t21?,23?,24-/m1/s1. The van der Waals surface area contributed by atoms with Crippen LogP contribution in [0.5, 0.6) is 0 Å². The molecule has 4 rings (SSSR count). The molecular weight excluding hydrogens is 424 g/mol. The van der Waals surface area contributed by atoms with Gasteiger partial charge in [-0.25, -0.2) is 0 Å². The summed E-state index contributed by atoms with van der Waals surface area (Å²) >= 11 is 6.06. The predicted octanol–water partition coefficient (Wildman–Crippen LogP) is 3.80. The monoisotopic (exact) mass is 450 g/mol. The number of amides is 1. The average molecular weight is 451 g/mol. The Hall–Kier alpha value is -2.80. The SMILES string of the molecule is CN(Cc1cnccn1)C(=O)c1ccc(CC2CCC([C@H](O)c3cccc(Cl)c3)N2)cc1. The van der Waals surface area contributed by atoms with Crippen LogP contribution in [0.2, 0.25) is 5.02 Å². The zero-order valence-electron chi connectivity index (χ0n) is 18.0. The second kappa shape index (κ2) is 10.2. The van der Waals surface area contributed by atoms with E-state index >= 15 is 0 Å². The van der Waals surface area contributed by atoms with Gasteiger partial charge in [0.25, 0.3) is 5.91 Å². The third-order valence-electron chi connectivity index (χ3n) is 5.89. The third kappa shape index (κ3) is 5.51. The van der Waals surface area contributed by atoms with Crippen LogP contribution in [0.1, 0.15) is 46.1 Å². The maximum atomic E-state index is 12.7. The van der Waals surface area contributed by atoms with Crippen LogP contribution in [-0.4, -0.2) is 45.0 Å². The molecule has 6 nitrogen and oxygen atoms in total. The predicted molar refractivity (Wildman–Crippen MR) is 124 cm³/mol. The number of hydrogen-bond acceptors (Lipinski definition) is 5. The molecule has 1 aliphatic heterocycles. The highest BCUT2D eigenvalue weighted by Gasteiger charge is 2.30. The third-order valence-corrected chi connectivity index (χ3v) is 6.13. The van der Waals surface area contributed by atoms with Gasteiger partial charge in [0.15, 0.2) is 0 Å². The van der Waals surface area contributed by atoms with Gasteiger partial charge in [-0.15, -0.1) is 0 Å². The highest BCUT2D eigenvalue weighted by Crippen LogP contribution is 2.28. The van der Waals surface area contributed by atoms with E-state index in [1.807, 2.05) is 48.5 Å². The number of halogens is 1. The van der Waals surface area contributed by atoms with Crippen molar-refractivity contribution in [2.45, 2.75) is 44.0 Å². The number of benzene rings is 2. The average Bonchev–Trinajstić information content (AvgIpc) is 3.27. The molecule has 2 aromatic carbocycles. The van der Waals surface area contributed by atoms with Crippen LogP contribution in [-0.2, 0) is 13.0 Å². The Morgan fingerprint density at radius 1 is 1.22 bits per heavy atom. The van der Waals surface area contributed by atoms with Gasteiger partial charge >= 0.3 is 0 Å². The fourth-order valence-corrected chi connectivity index (χ4v) is 4.40. The molecule has 2 unspecified atom stereocenters. The van der Waals surface area contributed by atoms with Crippen molar-refractivity contribution in [3.63, 3.8) is 0 Å². The van der Waals surface area contributed by atoms with Crippen LogP contribution in [0.15, 0.2) is 67.1 Å². The van der Waals surface area contributed by atoms with Gasteiger partial charge in [0, 0.05) is 42.1 Å². The van der Waals surface area contributed by atoms with Gasteiger partial charge in [-0.1, -0.05) is 35.9 Å². The summed E-state index contributed by atoms with van der Waals surface area (Å²) in [5.41, 5.74) is 3.40. The van der Waals surface area contributed by atoms with Crippen molar-refractivity contribution in [2.75, 3.05) is 7.05 Å². The maximum Gasteiger partial charge on any atom is 0.253 e. The molecule has 2 heterocycles. The second-order valence-corrected chi connectivity index (χ2v) is 8.74. The molecule has 3 atom stereocenters. The molecule has 7 heteroatoms. The minimum absolute atomic E-state index is 0.00838. The molecule has 1 amide bonds. The number of aliphatic hydroxyl groups is 1. The molecule has 0 bridgehead atoms. The van der Waals surface area contributed by atoms with E-state index in [4.69, 9.17) is 11.6 Å². The molecule has 32 heavy (non-hydrogen) atoms. The zero-order valence-corrected chi connectivity index (χ0v) is 18.7. The Labute approximate surface area is 193 Å². The summed E-state index contributed by atoms with van der Waals surface area (Å²) < 4.78 is 0. The van der Waals surface area contributed by atoms with E-state index in [-0.39, 0.29) is 18.0 Å². The van der Waals surface area contributed by atoms with Crippen LogP contribution < -0.4 is 5.32 Å². The molecule has 0 aliphatic carbocycles. The molecular formula is C25H27ClN4O2. The number of rotatable bonds is 7. The quantitative estimate of drug-likeness (QED) is 0.572. The summed E-state index contributed by atoms with van der Waals surface area (Å²) in [5, 5.41) is 14.9. The van der Waals surface area contributed by atoms with Crippen LogP contribution in [0.25, 0.3) is 0 Å². The number of nitrogens with zero attached hydrogens (tertiary/aromatic N) is 3. The van der Waals surface area contributed by atoms with Crippen molar-refractivity contribution in [1.82, 2.24) is 20.2 Å². The lowest BCUT2D eigenvalue weighted by molar-refractivity contribution is 0.0783. The first-order chi connectivity index (χ1) is 15.5. The summed E-state index contributed by atoms with van der Waals surface area (Å²) in [5.74, 6) is -0.0501. The van der Waals surface area contributed by atoms with Crippen molar-refractivity contribution in [1.29, 1.82) is 0 Å². The number of nitrogens with one attached hydrogen (secondary N) is 1. The van der Waals surface area contributed by atoms with Gasteiger partial charge in [-0.2, -0.15) is 0 Å². The molecule has 1 fully saturated rings. The Kier molecular flexibility index (Phi) is 7.15. The summed E-state index contributed by atoms with van der Waals surface area (Å²) in [6, 6.07) is 15.4. The molecule has 1 aliphatic rings. The molecule has 0 saturated carbocycles. The van der Waals surface area contributed by atoms with E-state index < -0.39 is 6.10 Å². The van der Waals surface area contributed by atoms with E-state index in [9.17, 15) is 9.90 Å². The van der Waals surface area contributed by atoms with E-state index in [0.29, 0.717) is 17.1 Å². The summed E-state index contributed by atoms with van der Waals surface area (Å²) in [6.45, 7) is 0.413. The Morgan fingerprint density at radius 3 is 2.75 bits per heavy atom. The van der Waals surface area contributed by atoms with Crippen molar-refractivity contribution in [3.8, 4) is 0 Å². The number of hydrogen-bond donors (Lipinski definition) is 2. The minimum atomic E-state index is -0.580. The van der Waals surface area contributed by atoms with Gasteiger partial charge in [-0.05, 0) is 54.7 Å². The van der Waals surface area contributed by atoms with E-state index in [2.05, 4.69) is 15.3 Å². The van der Waals surface area contributed by atoms with Crippen LogP contribution in [0, 0.1) is 0 Å². The first-order valence-electron chi connectivity index (χ1n) is 10.8. The van der Waals surface area contributed by atoms with Crippen LogP contribution in [0.3, 0.4) is 0 Å². The molecule has 166 valence electrons.